The predicted octanol–water partition coefficient (Wildman–Crippen LogP) is 1.61. The summed E-state index contributed by atoms with van der Waals surface area (Å²) >= 11 is 0. The number of ether oxygens (including phenoxy) is 3. The first-order chi connectivity index (χ1) is 14.8. The number of fused-ring (bicyclic) bond motifs is 5. The normalized spacial score (nSPS) is 27.1. The summed E-state index contributed by atoms with van der Waals surface area (Å²) in [7, 11) is 2.96. The molecule has 1 aromatic carbocycles. The summed E-state index contributed by atoms with van der Waals surface area (Å²) in [5, 5.41) is 2.60. The summed E-state index contributed by atoms with van der Waals surface area (Å²) in [6.07, 6.45) is 2.85. The second-order valence-corrected chi connectivity index (χ2v) is 8.33. The number of likely N-dealkylation sites (tertiary alicyclic amines) is 1. The first-order valence-electron chi connectivity index (χ1n) is 10.4. The van der Waals surface area contributed by atoms with Crippen molar-refractivity contribution < 1.29 is 33.4 Å². The zero-order valence-corrected chi connectivity index (χ0v) is 17.8. The molecule has 1 saturated heterocycles. The summed E-state index contributed by atoms with van der Waals surface area (Å²) < 4.78 is 15.4. The summed E-state index contributed by atoms with van der Waals surface area (Å²) in [5.74, 6) is -1.12. The molecule has 0 aromatic heterocycles. The standard InChI is InChI=1S/C22H26N2O7/c1-11(24-20(26)18-12-4-5-13(8-12)19(18)21(24)27)22(28)31-10-17(25)23-15-9-14(29-2)6-7-16(15)30-3/h6-7,9,11-13,18-19H,4-5,8,10H2,1-3H3,(H,23,25)/t11-,12-,13-,18-,19-/m0/s1. The van der Waals surface area contributed by atoms with E-state index in [2.05, 4.69) is 5.32 Å². The molecule has 5 atom stereocenters. The van der Waals surface area contributed by atoms with E-state index in [0.717, 1.165) is 24.2 Å². The number of anilines is 1. The minimum absolute atomic E-state index is 0.239. The van der Waals surface area contributed by atoms with Crippen molar-refractivity contribution in [2.45, 2.75) is 32.2 Å². The van der Waals surface area contributed by atoms with Gasteiger partial charge in [-0.05, 0) is 50.2 Å². The molecule has 9 heteroatoms. The summed E-state index contributed by atoms with van der Waals surface area (Å²) in [6, 6.07) is 3.83. The Hall–Kier alpha value is -3.10. The first-order valence-corrected chi connectivity index (χ1v) is 10.4. The van der Waals surface area contributed by atoms with E-state index in [0.29, 0.717) is 17.2 Å². The Morgan fingerprint density at radius 3 is 2.32 bits per heavy atom. The van der Waals surface area contributed by atoms with Crippen molar-refractivity contribution >= 4 is 29.4 Å². The van der Waals surface area contributed by atoms with Gasteiger partial charge in [0.15, 0.2) is 6.61 Å². The van der Waals surface area contributed by atoms with Gasteiger partial charge in [-0.15, -0.1) is 0 Å². The van der Waals surface area contributed by atoms with Crippen molar-refractivity contribution in [3.8, 4) is 11.5 Å². The lowest BCUT2D eigenvalue weighted by atomic mass is 9.81. The Balaban J connectivity index is 1.35. The molecule has 166 valence electrons. The predicted molar refractivity (Wildman–Crippen MR) is 108 cm³/mol. The van der Waals surface area contributed by atoms with Crippen molar-refractivity contribution in [3.05, 3.63) is 18.2 Å². The number of methoxy groups -OCH3 is 2. The summed E-state index contributed by atoms with van der Waals surface area (Å²) in [6.45, 7) is 0.905. The quantitative estimate of drug-likeness (QED) is 0.517. The second-order valence-electron chi connectivity index (χ2n) is 8.33. The van der Waals surface area contributed by atoms with Crippen LogP contribution in [0, 0.1) is 23.7 Å². The molecule has 0 spiro atoms. The summed E-state index contributed by atoms with van der Waals surface area (Å²) in [5.41, 5.74) is 0.365. The van der Waals surface area contributed by atoms with Crippen molar-refractivity contribution in [1.82, 2.24) is 4.90 Å². The van der Waals surface area contributed by atoms with E-state index < -0.39 is 24.5 Å². The second kappa shape index (κ2) is 8.20. The Kier molecular flexibility index (Phi) is 5.60. The van der Waals surface area contributed by atoms with Crippen molar-refractivity contribution in [3.63, 3.8) is 0 Å². The molecule has 0 unspecified atom stereocenters. The van der Waals surface area contributed by atoms with Crippen LogP contribution in [0.15, 0.2) is 18.2 Å². The van der Waals surface area contributed by atoms with Crippen LogP contribution in [0.4, 0.5) is 5.69 Å². The SMILES string of the molecule is COc1ccc(OC)c(NC(=O)COC(=O)[C@H](C)N2C(=O)[C@H]3[C@H]4CC[C@@H](C4)[C@@H]3C2=O)c1. The van der Waals surface area contributed by atoms with Crippen LogP contribution in [0.1, 0.15) is 26.2 Å². The van der Waals surface area contributed by atoms with Gasteiger partial charge >= 0.3 is 5.97 Å². The lowest BCUT2D eigenvalue weighted by Gasteiger charge is -2.23. The number of carbonyl (C=O) groups excluding carboxylic acids is 4. The van der Waals surface area contributed by atoms with E-state index in [1.54, 1.807) is 18.2 Å². The lowest BCUT2D eigenvalue weighted by molar-refractivity contribution is -0.159. The highest BCUT2D eigenvalue weighted by molar-refractivity contribution is 6.08. The molecule has 2 bridgehead atoms. The fraction of sp³-hybridized carbons (Fsp3) is 0.545. The zero-order valence-electron chi connectivity index (χ0n) is 17.8. The van der Waals surface area contributed by atoms with E-state index in [1.165, 1.54) is 21.1 Å². The average molecular weight is 430 g/mol. The van der Waals surface area contributed by atoms with E-state index in [1.807, 2.05) is 0 Å². The number of amides is 3. The number of esters is 1. The maximum atomic E-state index is 12.8. The number of nitrogens with zero attached hydrogens (tertiary/aromatic N) is 1. The molecule has 9 nitrogen and oxygen atoms in total. The molecule has 3 fully saturated rings. The van der Waals surface area contributed by atoms with Gasteiger partial charge in [0.1, 0.15) is 17.5 Å². The third-order valence-corrected chi connectivity index (χ3v) is 6.72. The first kappa shape index (κ1) is 21.1. The molecule has 31 heavy (non-hydrogen) atoms. The van der Waals surface area contributed by atoms with Gasteiger partial charge in [-0.1, -0.05) is 0 Å². The van der Waals surface area contributed by atoms with Gasteiger partial charge in [0, 0.05) is 6.07 Å². The fourth-order valence-corrected chi connectivity index (χ4v) is 5.27. The number of benzene rings is 1. The van der Waals surface area contributed by atoms with Crippen LogP contribution in [0.25, 0.3) is 0 Å². The summed E-state index contributed by atoms with van der Waals surface area (Å²) in [4.78, 5) is 51.5. The van der Waals surface area contributed by atoms with Gasteiger partial charge in [-0.2, -0.15) is 0 Å². The van der Waals surface area contributed by atoms with E-state index in [4.69, 9.17) is 14.2 Å². The van der Waals surface area contributed by atoms with Crippen LogP contribution in [0.5, 0.6) is 11.5 Å². The lowest BCUT2D eigenvalue weighted by Crippen LogP contribution is -2.45. The fourth-order valence-electron chi connectivity index (χ4n) is 5.27. The maximum Gasteiger partial charge on any atom is 0.329 e. The van der Waals surface area contributed by atoms with Crippen molar-refractivity contribution in [1.29, 1.82) is 0 Å². The smallest absolute Gasteiger partial charge is 0.329 e. The average Bonchev–Trinajstić information content (AvgIpc) is 3.45. The molecular formula is C22H26N2O7. The van der Waals surface area contributed by atoms with Crippen LogP contribution in [0.2, 0.25) is 0 Å². The molecular weight excluding hydrogens is 404 g/mol. The molecule has 2 saturated carbocycles. The largest absolute Gasteiger partial charge is 0.497 e. The van der Waals surface area contributed by atoms with Crippen LogP contribution < -0.4 is 14.8 Å². The van der Waals surface area contributed by atoms with Gasteiger partial charge in [0.05, 0.1) is 31.7 Å². The Labute approximate surface area is 180 Å². The molecule has 2 aliphatic carbocycles. The van der Waals surface area contributed by atoms with Crippen LogP contribution in [-0.2, 0) is 23.9 Å². The minimum Gasteiger partial charge on any atom is -0.497 e. The monoisotopic (exact) mass is 430 g/mol. The number of rotatable bonds is 7. The zero-order chi connectivity index (χ0) is 22.3. The van der Waals surface area contributed by atoms with Gasteiger partial charge < -0.3 is 19.5 Å². The Morgan fingerprint density at radius 2 is 1.74 bits per heavy atom. The topological polar surface area (TPSA) is 111 Å². The third-order valence-electron chi connectivity index (χ3n) is 6.72. The van der Waals surface area contributed by atoms with Crippen LogP contribution >= 0.6 is 0 Å². The number of carbonyl (C=O) groups is 4. The van der Waals surface area contributed by atoms with Gasteiger partial charge in [-0.25, -0.2) is 4.79 Å². The number of hydrogen-bond acceptors (Lipinski definition) is 7. The van der Waals surface area contributed by atoms with Crippen LogP contribution in [-0.4, -0.2) is 55.5 Å². The minimum atomic E-state index is -1.07. The van der Waals surface area contributed by atoms with Gasteiger partial charge in [-0.3, -0.25) is 19.3 Å². The molecule has 3 aliphatic rings. The van der Waals surface area contributed by atoms with E-state index >= 15 is 0 Å². The highest BCUT2D eigenvalue weighted by Crippen LogP contribution is 2.56. The maximum absolute atomic E-state index is 12.8. The highest BCUT2D eigenvalue weighted by Gasteiger charge is 2.62. The highest BCUT2D eigenvalue weighted by atomic mass is 16.5. The molecule has 1 N–H and O–H groups in total. The Bertz CT molecular complexity index is 902. The molecule has 3 amide bonds. The van der Waals surface area contributed by atoms with E-state index in [9.17, 15) is 19.2 Å². The number of hydrogen-bond donors (Lipinski definition) is 1. The molecule has 0 radical (unpaired) electrons. The van der Waals surface area contributed by atoms with Gasteiger partial charge in [0.2, 0.25) is 11.8 Å². The molecule has 1 aliphatic heterocycles. The van der Waals surface area contributed by atoms with Crippen molar-refractivity contribution in [2.75, 3.05) is 26.1 Å². The Morgan fingerprint density at radius 1 is 1.10 bits per heavy atom. The number of imide groups is 1. The number of nitrogens with one attached hydrogen (secondary N) is 1. The molecule has 1 aromatic rings. The van der Waals surface area contributed by atoms with E-state index in [-0.39, 0.29) is 35.5 Å². The molecule has 4 rings (SSSR count). The van der Waals surface area contributed by atoms with Crippen molar-refractivity contribution in [2.24, 2.45) is 23.7 Å². The third kappa shape index (κ3) is 3.62. The molecule has 1 heterocycles. The van der Waals surface area contributed by atoms with Gasteiger partial charge in [0.25, 0.3) is 5.91 Å². The van der Waals surface area contributed by atoms with Crippen LogP contribution in [0.3, 0.4) is 0 Å².